The van der Waals surface area contributed by atoms with Gasteiger partial charge in [0, 0.05) is 54.1 Å². The van der Waals surface area contributed by atoms with Gasteiger partial charge in [0.05, 0.1) is 12.5 Å². The Morgan fingerprint density at radius 3 is 2.21 bits per heavy atom. The second-order valence-corrected chi connectivity index (χ2v) is 12.0. The zero-order valence-corrected chi connectivity index (χ0v) is 21.3. The van der Waals surface area contributed by atoms with Gasteiger partial charge in [-0.25, -0.2) is 0 Å². The molecule has 4 rings (SSSR count). The summed E-state index contributed by atoms with van der Waals surface area (Å²) in [7, 11) is 1.33. The van der Waals surface area contributed by atoms with Crippen LogP contribution >= 0.6 is 0 Å². The lowest BCUT2D eigenvalue weighted by molar-refractivity contribution is -0.147. The van der Waals surface area contributed by atoms with Gasteiger partial charge in [-0.3, -0.25) is 24.0 Å². The molecule has 0 unspecified atom stereocenters. The van der Waals surface area contributed by atoms with Crippen LogP contribution in [0.2, 0.25) is 0 Å². The molecule has 0 aromatic heterocycles. The number of rotatable bonds is 4. The number of ketones is 4. The van der Waals surface area contributed by atoms with E-state index in [1.54, 1.807) is 0 Å². The maximum atomic E-state index is 13.9. The van der Waals surface area contributed by atoms with Crippen LogP contribution in [0, 0.1) is 33.5 Å². The summed E-state index contributed by atoms with van der Waals surface area (Å²) in [6.07, 6.45) is 1.96. The molecule has 0 saturated heterocycles. The van der Waals surface area contributed by atoms with Crippen LogP contribution in [0.5, 0.6) is 0 Å². The van der Waals surface area contributed by atoms with Crippen molar-refractivity contribution in [2.24, 2.45) is 33.5 Å². The van der Waals surface area contributed by atoms with E-state index in [9.17, 15) is 24.0 Å². The van der Waals surface area contributed by atoms with Gasteiger partial charge < -0.3 is 4.74 Å². The van der Waals surface area contributed by atoms with E-state index < -0.39 is 21.7 Å². The number of Topliss-reactive ketones (excluding diaryl/α,β-unsaturated/α-hetero) is 4. The number of allylic oxidation sites excluding steroid dienone is 3. The van der Waals surface area contributed by atoms with E-state index in [4.69, 9.17) is 4.74 Å². The smallest absolute Gasteiger partial charge is 0.305 e. The number of hydrogen-bond acceptors (Lipinski definition) is 6. The number of carbonyl (C=O) groups excluding carboxylic acids is 5. The van der Waals surface area contributed by atoms with Crippen LogP contribution in [-0.4, -0.2) is 36.2 Å². The molecule has 184 valence electrons. The largest absolute Gasteiger partial charge is 0.469 e. The molecule has 0 bridgehead atoms. The van der Waals surface area contributed by atoms with Gasteiger partial charge in [0.25, 0.3) is 0 Å². The summed E-state index contributed by atoms with van der Waals surface area (Å²) in [5, 5.41) is 0. The van der Waals surface area contributed by atoms with Crippen molar-refractivity contribution >= 4 is 29.1 Å². The van der Waals surface area contributed by atoms with Crippen LogP contribution in [0.25, 0.3) is 0 Å². The molecule has 2 fully saturated rings. The average Bonchev–Trinajstić information content (AvgIpc) is 2.97. The topological polar surface area (TPSA) is 94.6 Å². The van der Waals surface area contributed by atoms with E-state index in [1.165, 1.54) is 7.11 Å². The van der Waals surface area contributed by atoms with Crippen molar-refractivity contribution in [3.63, 3.8) is 0 Å². The Bertz CT molecular complexity index is 1080. The first-order valence-corrected chi connectivity index (χ1v) is 12.3. The molecule has 6 nitrogen and oxygen atoms in total. The maximum absolute atomic E-state index is 13.9. The Morgan fingerprint density at radius 2 is 1.59 bits per heavy atom. The molecule has 0 spiro atoms. The first kappa shape index (κ1) is 24.7. The third kappa shape index (κ3) is 2.96. The average molecular weight is 469 g/mol. The molecule has 0 radical (unpaired) electrons. The van der Waals surface area contributed by atoms with Gasteiger partial charge in [-0.05, 0) is 37.0 Å². The van der Waals surface area contributed by atoms with Gasteiger partial charge in [0.2, 0.25) is 0 Å². The third-order valence-corrected chi connectivity index (χ3v) is 10.3. The predicted molar refractivity (Wildman–Crippen MR) is 126 cm³/mol. The van der Waals surface area contributed by atoms with E-state index >= 15 is 0 Å². The molecule has 4 aliphatic rings. The highest BCUT2D eigenvalue weighted by Gasteiger charge is 2.70. The Balaban J connectivity index is 1.83. The second kappa shape index (κ2) is 7.56. The zero-order chi connectivity index (χ0) is 25.4. The molecule has 0 aromatic carbocycles. The molecule has 0 N–H and O–H groups in total. The van der Waals surface area contributed by atoms with Gasteiger partial charge in [-0.15, -0.1) is 0 Å². The first-order valence-electron chi connectivity index (χ1n) is 12.3. The van der Waals surface area contributed by atoms with E-state index in [0.29, 0.717) is 30.4 Å². The molecular formula is C28H36O6. The third-order valence-electron chi connectivity index (χ3n) is 10.3. The van der Waals surface area contributed by atoms with Crippen molar-refractivity contribution in [3.05, 3.63) is 23.3 Å². The highest BCUT2D eigenvalue weighted by atomic mass is 16.5. The SMILES string of the molecule is C=C(CCC(=O)OC)[C@H]1CC(=O)[C@@]2(C)C3=C(C(=O)C[C@]12C)[C@@]1(C)CCC(=O)C(C)(C)[C@@H]1CC3=O. The number of esters is 1. The Kier molecular flexibility index (Phi) is 5.50. The van der Waals surface area contributed by atoms with Gasteiger partial charge >= 0.3 is 5.97 Å². The molecule has 6 heteroatoms. The van der Waals surface area contributed by atoms with Crippen molar-refractivity contribution < 1.29 is 28.7 Å². The highest BCUT2D eigenvalue weighted by Crippen LogP contribution is 2.69. The molecule has 0 amide bonds. The lowest BCUT2D eigenvalue weighted by Crippen LogP contribution is -2.59. The fraction of sp³-hybridized carbons (Fsp3) is 0.679. The first-order chi connectivity index (χ1) is 15.7. The minimum atomic E-state index is -1.09. The van der Waals surface area contributed by atoms with Crippen molar-refractivity contribution in [1.82, 2.24) is 0 Å². The van der Waals surface area contributed by atoms with Gasteiger partial charge in [-0.1, -0.05) is 39.8 Å². The standard InChI is InChI=1S/C28H36O6/c1-15(8-9-22(33)34-7)16-12-21(32)28(6)24-17(29)13-19-25(2,3)20(31)10-11-26(19,4)23(24)18(30)14-27(16,28)5/h16,19H,1,8-14H2,2-7H3/t16-,19+,26+,27-,28+/m1/s1. The molecular weight excluding hydrogens is 432 g/mol. The van der Waals surface area contributed by atoms with E-state index in [2.05, 4.69) is 6.58 Å². The van der Waals surface area contributed by atoms with Crippen LogP contribution in [0.3, 0.4) is 0 Å². The Hall–Kier alpha value is -2.37. The fourth-order valence-electron chi connectivity index (χ4n) is 7.90. The lowest BCUT2D eigenvalue weighted by Gasteiger charge is -2.58. The lowest BCUT2D eigenvalue weighted by atomic mass is 9.43. The fourth-order valence-corrected chi connectivity index (χ4v) is 7.90. The summed E-state index contributed by atoms with van der Waals surface area (Å²) in [5.74, 6) is -1.07. The molecule has 0 heterocycles. The molecule has 2 saturated carbocycles. The summed E-state index contributed by atoms with van der Waals surface area (Å²) in [6.45, 7) is 13.8. The summed E-state index contributed by atoms with van der Waals surface area (Å²) < 4.78 is 4.75. The monoisotopic (exact) mass is 468 g/mol. The van der Waals surface area contributed by atoms with Crippen LogP contribution in [-0.2, 0) is 28.7 Å². The maximum Gasteiger partial charge on any atom is 0.305 e. The molecule has 34 heavy (non-hydrogen) atoms. The van der Waals surface area contributed by atoms with Crippen molar-refractivity contribution in [2.75, 3.05) is 7.11 Å². The van der Waals surface area contributed by atoms with Gasteiger partial charge in [0.1, 0.15) is 11.6 Å². The van der Waals surface area contributed by atoms with Crippen LogP contribution in [0.4, 0.5) is 0 Å². The molecule has 4 aliphatic carbocycles. The summed E-state index contributed by atoms with van der Waals surface area (Å²) in [4.78, 5) is 65.8. The van der Waals surface area contributed by atoms with Crippen LogP contribution < -0.4 is 0 Å². The Morgan fingerprint density at radius 1 is 0.941 bits per heavy atom. The van der Waals surface area contributed by atoms with Crippen LogP contribution in [0.15, 0.2) is 23.3 Å². The predicted octanol–water partition coefficient (Wildman–Crippen LogP) is 4.35. The number of fused-ring (bicyclic) bond motifs is 4. The molecule has 5 atom stereocenters. The summed E-state index contributed by atoms with van der Waals surface area (Å²) in [5.41, 5.74) is -1.54. The highest BCUT2D eigenvalue weighted by molar-refractivity contribution is 6.16. The molecule has 0 aliphatic heterocycles. The van der Waals surface area contributed by atoms with Gasteiger partial charge in [-0.2, -0.15) is 0 Å². The minimum Gasteiger partial charge on any atom is -0.469 e. The normalized spacial score (nSPS) is 38.9. The number of carbonyl (C=O) groups is 5. The van der Waals surface area contributed by atoms with Crippen molar-refractivity contribution in [3.8, 4) is 0 Å². The zero-order valence-electron chi connectivity index (χ0n) is 21.3. The van der Waals surface area contributed by atoms with Crippen LogP contribution in [0.1, 0.15) is 79.6 Å². The van der Waals surface area contributed by atoms with Crippen molar-refractivity contribution in [2.45, 2.75) is 79.6 Å². The van der Waals surface area contributed by atoms with E-state index in [1.807, 2.05) is 34.6 Å². The second-order valence-electron chi connectivity index (χ2n) is 12.0. The van der Waals surface area contributed by atoms with Crippen molar-refractivity contribution in [1.29, 1.82) is 0 Å². The number of methoxy groups -OCH3 is 1. The quantitative estimate of drug-likeness (QED) is 0.450. The summed E-state index contributed by atoms with van der Waals surface area (Å²) >= 11 is 0. The minimum absolute atomic E-state index is 0.0410. The Labute approximate surface area is 201 Å². The summed E-state index contributed by atoms with van der Waals surface area (Å²) in [6, 6.07) is 0. The van der Waals surface area contributed by atoms with E-state index in [-0.39, 0.29) is 66.6 Å². The van der Waals surface area contributed by atoms with E-state index in [0.717, 1.165) is 5.57 Å². The number of hydrogen-bond donors (Lipinski definition) is 0. The molecule has 0 aromatic rings. The van der Waals surface area contributed by atoms with Gasteiger partial charge in [0.15, 0.2) is 11.6 Å². The number of ether oxygens (including phenoxy) is 1.